The van der Waals surface area contributed by atoms with Crippen LogP contribution in [0.2, 0.25) is 0 Å². The summed E-state index contributed by atoms with van der Waals surface area (Å²) < 4.78 is 0. The maximum atomic E-state index is 13.1. The molecule has 30 heavy (non-hydrogen) atoms. The highest BCUT2D eigenvalue weighted by molar-refractivity contribution is 6.07. The number of aryl methyl sites for hydroxylation is 1. The maximum Gasteiger partial charge on any atom is 0.325 e. The molecule has 0 saturated carbocycles. The van der Waals surface area contributed by atoms with Crippen molar-refractivity contribution < 1.29 is 9.59 Å². The number of hydrogen-bond donors (Lipinski definition) is 1. The normalized spacial score (nSPS) is 18.2. The van der Waals surface area contributed by atoms with Gasteiger partial charge in [0.1, 0.15) is 5.54 Å². The Morgan fingerprint density at radius 3 is 2.30 bits per heavy atom. The first kappa shape index (κ1) is 19.4. The van der Waals surface area contributed by atoms with Crippen LogP contribution in [-0.4, -0.2) is 16.8 Å². The summed E-state index contributed by atoms with van der Waals surface area (Å²) >= 11 is 0. The van der Waals surface area contributed by atoms with E-state index in [2.05, 4.69) is 11.4 Å². The van der Waals surface area contributed by atoms with Crippen molar-refractivity contribution in [2.75, 3.05) is 0 Å². The lowest BCUT2D eigenvalue weighted by Crippen LogP contribution is -2.40. The summed E-state index contributed by atoms with van der Waals surface area (Å²) in [6, 6.07) is 24.4. The number of nitrogens with one attached hydrogen (secondary N) is 1. The van der Waals surface area contributed by atoms with E-state index in [1.54, 1.807) is 13.0 Å². The number of urea groups is 1. The van der Waals surface area contributed by atoms with Crippen molar-refractivity contribution >= 4 is 11.9 Å². The molecule has 1 saturated heterocycles. The van der Waals surface area contributed by atoms with Crippen LogP contribution in [0.3, 0.4) is 0 Å². The van der Waals surface area contributed by atoms with Crippen LogP contribution in [0.15, 0.2) is 72.8 Å². The zero-order chi connectivity index (χ0) is 21.3. The maximum absolute atomic E-state index is 13.1. The first-order valence-electron chi connectivity index (χ1n) is 9.72. The van der Waals surface area contributed by atoms with Gasteiger partial charge in [0, 0.05) is 0 Å². The second-order valence-electron chi connectivity index (χ2n) is 7.67. The number of carbonyl (C=O) groups excluding carboxylic acids is 2. The van der Waals surface area contributed by atoms with Crippen molar-refractivity contribution in [3.8, 4) is 17.2 Å². The molecular formula is C25H21N3O2. The van der Waals surface area contributed by atoms with Crippen molar-refractivity contribution in [2.45, 2.75) is 25.9 Å². The summed E-state index contributed by atoms with van der Waals surface area (Å²) in [5.74, 6) is -0.268. The lowest BCUT2D eigenvalue weighted by Gasteiger charge is -2.22. The number of nitriles is 1. The zero-order valence-electron chi connectivity index (χ0n) is 16.8. The highest BCUT2D eigenvalue weighted by atomic mass is 16.2. The molecule has 3 amide bonds. The number of hydrogen-bond acceptors (Lipinski definition) is 3. The Balaban J connectivity index is 1.56. The van der Waals surface area contributed by atoms with Crippen molar-refractivity contribution in [2.24, 2.45) is 0 Å². The van der Waals surface area contributed by atoms with Crippen LogP contribution in [0.1, 0.15) is 29.2 Å². The fraction of sp³-hybridized carbons (Fsp3) is 0.160. The van der Waals surface area contributed by atoms with Crippen LogP contribution in [0.4, 0.5) is 4.79 Å². The summed E-state index contributed by atoms with van der Waals surface area (Å²) in [6.45, 7) is 3.90. The fourth-order valence-corrected chi connectivity index (χ4v) is 3.73. The molecule has 4 rings (SSSR count). The number of benzene rings is 3. The lowest BCUT2D eigenvalue weighted by atomic mass is 9.91. The molecule has 0 aliphatic carbocycles. The minimum absolute atomic E-state index is 0.187. The van der Waals surface area contributed by atoms with Crippen LogP contribution in [0.25, 0.3) is 11.1 Å². The van der Waals surface area contributed by atoms with Gasteiger partial charge >= 0.3 is 6.03 Å². The molecule has 0 radical (unpaired) electrons. The topological polar surface area (TPSA) is 73.2 Å². The third-order valence-electron chi connectivity index (χ3n) is 5.56. The molecule has 0 spiro atoms. The first-order valence-corrected chi connectivity index (χ1v) is 9.72. The highest BCUT2D eigenvalue weighted by Crippen LogP contribution is 2.30. The predicted octanol–water partition coefficient (Wildman–Crippen LogP) is 4.50. The number of carbonyl (C=O) groups is 2. The predicted molar refractivity (Wildman–Crippen MR) is 114 cm³/mol. The Morgan fingerprint density at radius 1 is 0.967 bits per heavy atom. The van der Waals surface area contributed by atoms with Gasteiger partial charge in [-0.2, -0.15) is 5.26 Å². The Morgan fingerprint density at radius 2 is 1.63 bits per heavy atom. The summed E-state index contributed by atoms with van der Waals surface area (Å²) in [5.41, 5.74) is 3.99. The summed E-state index contributed by atoms with van der Waals surface area (Å²) in [5, 5.41) is 12.1. The van der Waals surface area contributed by atoms with Gasteiger partial charge in [-0.3, -0.25) is 9.69 Å². The molecular weight excluding hydrogens is 374 g/mol. The quantitative estimate of drug-likeness (QED) is 0.661. The lowest BCUT2D eigenvalue weighted by molar-refractivity contribution is -0.131. The summed E-state index contributed by atoms with van der Waals surface area (Å²) in [6.07, 6.45) is 0. The summed E-state index contributed by atoms with van der Waals surface area (Å²) in [4.78, 5) is 26.9. The van der Waals surface area contributed by atoms with E-state index in [-0.39, 0.29) is 12.5 Å². The van der Waals surface area contributed by atoms with Crippen LogP contribution in [-0.2, 0) is 16.9 Å². The Hall–Kier alpha value is -3.91. The molecule has 1 heterocycles. The highest BCUT2D eigenvalue weighted by Gasteiger charge is 2.48. The molecule has 3 aromatic carbocycles. The Labute approximate surface area is 175 Å². The van der Waals surface area contributed by atoms with Gasteiger partial charge in [-0.15, -0.1) is 0 Å². The third kappa shape index (κ3) is 3.33. The van der Waals surface area contributed by atoms with Gasteiger partial charge in [0.25, 0.3) is 5.91 Å². The molecule has 1 aliphatic heterocycles. The average Bonchev–Trinajstić information content (AvgIpc) is 2.98. The number of nitrogens with zero attached hydrogens (tertiary/aromatic N) is 2. The number of amides is 3. The molecule has 0 aromatic heterocycles. The Kier molecular flexibility index (Phi) is 4.85. The molecule has 1 fully saturated rings. The van der Waals surface area contributed by atoms with Gasteiger partial charge in [-0.05, 0) is 42.2 Å². The van der Waals surface area contributed by atoms with E-state index < -0.39 is 11.6 Å². The molecule has 1 unspecified atom stereocenters. The monoisotopic (exact) mass is 395 g/mol. The van der Waals surface area contributed by atoms with E-state index in [1.807, 2.05) is 73.7 Å². The van der Waals surface area contributed by atoms with Crippen molar-refractivity contribution in [1.82, 2.24) is 10.2 Å². The minimum atomic E-state index is -1.07. The van der Waals surface area contributed by atoms with Gasteiger partial charge in [0.05, 0.1) is 18.2 Å². The molecule has 148 valence electrons. The number of rotatable bonds is 4. The van der Waals surface area contributed by atoms with Crippen LogP contribution in [0.5, 0.6) is 0 Å². The molecule has 0 bridgehead atoms. The van der Waals surface area contributed by atoms with Gasteiger partial charge in [0.15, 0.2) is 0 Å². The largest absolute Gasteiger partial charge is 0.325 e. The van der Waals surface area contributed by atoms with E-state index in [9.17, 15) is 14.9 Å². The van der Waals surface area contributed by atoms with E-state index in [1.165, 1.54) is 4.90 Å². The van der Waals surface area contributed by atoms with E-state index >= 15 is 0 Å². The molecule has 5 heteroatoms. The van der Waals surface area contributed by atoms with Crippen molar-refractivity contribution in [3.63, 3.8) is 0 Å². The molecule has 1 N–H and O–H groups in total. The van der Waals surface area contributed by atoms with Crippen LogP contribution >= 0.6 is 0 Å². The minimum Gasteiger partial charge on any atom is -0.319 e. The van der Waals surface area contributed by atoms with Crippen LogP contribution < -0.4 is 5.32 Å². The fourth-order valence-electron chi connectivity index (χ4n) is 3.73. The molecule has 5 nitrogen and oxygen atoms in total. The zero-order valence-corrected chi connectivity index (χ0v) is 16.8. The van der Waals surface area contributed by atoms with E-state index in [0.29, 0.717) is 5.56 Å². The van der Waals surface area contributed by atoms with Crippen molar-refractivity contribution in [3.05, 3.63) is 95.1 Å². The molecule has 3 aromatic rings. The smallest absolute Gasteiger partial charge is 0.319 e. The van der Waals surface area contributed by atoms with Crippen molar-refractivity contribution in [1.29, 1.82) is 5.26 Å². The standard InChI is InChI=1S/C25H21N3O2/c1-17-7-13-21(14-8-17)25(2)23(29)28(24(30)27-25)16-18-9-11-19(12-10-18)22-6-4-3-5-20(22)15-26/h3-14H,16H2,1-2H3,(H,27,30). The van der Waals surface area contributed by atoms with Crippen LogP contribution in [0, 0.1) is 18.3 Å². The van der Waals surface area contributed by atoms with Gasteiger partial charge in [0.2, 0.25) is 0 Å². The van der Waals surface area contributed by atoms with E-state index in [0.717, 1.165) is 27.8 Å². The Bertz CT molecular complexity index is 1160. The van der Waals surface area contributed by atoms with E-state index in [4.69, 9.17) is 0 Å². The summed E-state index contributed by atoms with van der Waals surface area (Å²) in [7, 11) is 0. The molecule has 1 atom stereocenters. The van der Waals surface area contributed by atoms with Gasteiger partial charge in [-0.25, -0.2) is 4.79 Å². The second kappa shape index (κ2) is 7.49. The number of imide groups is 1. The second-order valence-corrected chi connectivity index (χ2v) is 7.67. The first-order chi connectivity index (χ1) is 14.4. The SMILES string of the molecule is Cc1ccc(C2(C)NC(=O)N(Cc3ccc(-c4ccccc4C#N)cc3)C2=O)cc1. The molecule has 1 aliphatic rings. The van der Waals surface area contributed by atoms with Gasteiger partial charge < -0.3 is 5.32 Å². The van der Waals surface area contributed by atoms with Gasteiger partial charge in [-0.1, -0.05) is 72.3 Å². The third-order valence-corrected chi connectivity index (χ3v) is 5.56. The average molecular weight is 395 g/mol.